The highest BCUT2D eigenvalue weighted by Crippen LogP contribution is 2.49. The number of amides is 1. The van der Waals surface area contributed by atoms with Gasteiger partial charge in [0.15, 0.2) is 0 Å². The molecule has 0 aromatic rings. The Morgan fingerprint density at radius 3 is 2.20 bits per heavy atom. The fourth-order valence-corrected chi connectivity index (χ4v) is 1.83. The molecule has 2 fully saturated rings. The molecule has 0 atom stereocenters. The zero-order valence-corrected chi connectivity index (χ0v) is 6.53. The van der Waals surface area contributed by atoms with Crippen LogP contribution in [0, 0.1) is 5.41 Å². The normalized spacial score (nSPS) is 32.4. The third kappa shape index (κ3) is 0.678. The van der Waals surface area contributed by atoms with Crippen LogP contribution in [0.1, 0.15) is 33.1 Å². The standard InChI is InChI=1S/C8H13NO/c1-7(2)5-8(3-4-8)9-6(7)10/h3-5H2,1-2H3,(H,9,10). The first-order valence-corrected chi connectivity index (χ1v) is 3.87. The minimum Gasteiger partial charge on any atom is -0.350 e. The average molecular weight is 139 g/mol. The van der Waals surface area contributed by atoms with Gasteiger partial charge in [-0.15, -0.1) is 0 Å². The van der Waals surface area contributed by atoms with Gasteiger partial charge in [-0.1, -0.05) is 13.8 Å². The SMILES string of the molecule is CC1(C)CC2(CC2)NC1=O. The lowest BCUT2D eigenvalue weighted by molar-refractivity contribution is -0.126. The Labute approximate surface area is 61.0 Å². The van der Waals surface area contributed by atoms with Crippen molar-refractivity contribution in [1.29, 1.82) is 0 Å². The first-order valence-electron chi connectivity index (χ1n) is 3.87. The number of hydrogen-bond acceptors (Lipinski definition) is 1. The van der Waals surface area contributed by atoms with Crippen molar-refractivity contribution < 1.29 is 4.79 Å². The Morgan fingerprint density at radius 1 is 1.40 bits per heavy atom. The molecular weight excluding hydrogens is 126 g/mol. The van der Waals surface area contributed by atoms with Crippen molar-refractivity contribution in [3.63, 3.8) is 0 Å². The predicted octanol–water partition coefficient (Wildman–Crippen LogP) is 1.07. The summed E-state index contributed by atoms with van der Waals surface area (Å²) in [6.45, 7) is 4.05. The van der Waals surface area contributed by atoms with Crippen LogP contribution in [0.3, 0.4) is 0 Å². The predicted molar refractivity (Wildman–Crippen MR) is 38.5 cm³/mol. The number of nitrogens with one attached hydrogen (secondary N) is 1. The summed E-state index contributed by atoms with van der Waals surface area (Å²) < 4.78 is 0. The molecular formula is C8H13NO. The summed E-state index contributed by atoms with van der Waals surface area (Å²) in [6.07, 6.45) is 3.43. The van der Waals surface area contributed by atoms with E-state index in [1.807, 2.05) is 13.8 Å². The molecule has 2 aliphatic rings. The van der Waals surface area contributed by atoms with Gasteiger partial charge in [-0.3, -0.25) is 4.79 Å². The summed E-state index contributed by atoms with van der Waals surface area (Å²) in [4.78, 5) is 11.2. The lowest BCUT2D eigenvalue weighted by Gasteiger charge is -2.11. The molecule has 56 valence electrons. The van der Waals surface area contributed by atoms with E-state index < -0.39 is 0 Å². The Kier molecular flexibility index (Phi) is 0.859. The van der Waals surface area contributed by atoms with Gasteiger partial charge in [0.2, 0.25) is 5.91 Å². The maximum Gasteiger partial charge on any atom is 0.226 e. The molecule has 0 unspecified atom stereocenters. The van der Waals surface area contributed by atoms with Crippen molar-refractivity contribution >= 4 is 5.91 Å². The van der Waals surface area contributed by atoms with Gasteiger partial charge in [0.05, 0.1) is 0 Å². The zero-order valence-electron chi connectivity index (χ0n) is 6.53. The number of carbonyl (C=O) groups excluding carboxylic acids is 1. The summed E-state index contributed by atoms with van der Waals surface area (Å²) in [5.41, 5.74) is 0.150. The highest BCUT2D eigenvalue weighted by Gasteiger charge is 2.55. The van der Waals surface area contributed by atoms with E-state index in [1.165, 1.54) is 12.8 Å². The molecule has 0 aromatic carbocycles. The van der Waals surface area contributed by atoms with E-state index >= 15 is 0 Å². The van der Waals surface area contributed by atoms with Gasteiger partial charge in [0.25, 0.3) is 0 Å². The van der Waals surface area contributed by atoms with Crippen LogP contribution in [0.25, 0.3) is 0 Å². The van der Waals surface area contributed by atoms with E-state index in [2.05, 4.69) is 5.32 Å². The summed E-state index contributed by atoms with van der Waals surface area (Å²) in [6, 6.07) is 0. The molecule has 1 saturated heterocycles. The second-order valence-corrected chi connectivity index (χ2v) is 4.30. The second kappa shape index (κ2) is 1.39. The van der Waals surface area contributed by atoms with Crippen LogP contribution in [-0.4, -0.2) is 11.4 Å². The van der Waals surface area contributed by atoms with Crippen LogP contribution >= 0.6 is 0 Å². The largest absolute Gasteiger partial charge is 0.350 e. The second-order valence-electron chi connectivity index (χ2n) is 4.30. The highest BCUT2D eigenvalue weighted by molar-refractivity contribution is 5.85. The number of carbonyl (C=O) groups is 1. The van der Waals surface area contributed by atoms with E-state index in [1.54, 1.807) is 0 Å². The zero-order chi connectivity index (χ0) is 7.41. The third-order valence-corrected chi connectivity index (χ3v) is 2.63. The molecule has 1 aliphatic carbocycles. The first kappa shape index (κ1) is 6.20. The van der Waals surface area contributed by atoms with Gasteiger partial charge in [-0.05, 0) is 19.3 Å². The maximum atomic E-state index is 11.2. The monoisotopic (exact) mass is 139 g/mol. The molecule has 2 rings (SSSR count). The first-order chi connectivity index (χ1) is 4.54. The van der Waals surface area contributed by atoms with E-state index in [-0.39, 0.29) is 16.9 Å². The van der Waals surface area contributed by atoms with Crippen molar-refractivity contribution in [1.82, 2.24) is 5.32 Å². The molecule has 0 bridgehead atoms. The quantitative estimate of drug-likeness (QED) is 0.534. The van der Waals surface area contributed by atoms with Gasteiger partial charge in [0.1, 0.15) is 0 Å². The minimum absolute atomic E-state index is 0.101. The van der Waals surface area contributed by atoms with Gasteiger partial charge < -0.3 is 5.32 Å². The van der Waals surface area contributed by atoms with Crippen molar-refractivity contribution in [3.05, 3.63) is 0 Å². The van der Waals surface area contributed by atoms with Crippen molar-refractivity contribution in [2.45, 2.75) is 38.6 Å². The molecule has 1 amide bonds. The van der Waals surface area contributed by atoms with Crippen LogP contribution in [0.15, 0.2) is 0 Å². The van der Waals surface area contributed by atoms with E-state index in [0.29, 0.717) is 0 Å². The van der Waals surface area contributed by atoms with E-state index in [0.717, 1.165) is 6.42 Å². The molecule has 10 heavy (non-hydrogen) atoms. The molecule has 0 aromatic heterocycles. The fraction of sp³-hybridized carbons (Fsp3) is 0.875. The Bertz CT molecular complexity index is 191. The molecule has 2 nitrogen and oxygen atoms in total. The number of rotatable bonds is 0. The number of hydrogen-bond donors (Lipinski definition) is 1. The molecule has 2 heteroatoms. The van der Waals surface area contributed by atoms with Gasteiger partial charge in [-0.25, -0.2) is 0 Å². The lowest BCUT2D eigenvalue weighted by Crippen LogP contribution is -2.29. The summed E-state index contributed by atoms with van der Waals surface area (Å²) in [5.74, 6) is 0.241. The van der Waals surface area contributed by atoms with Crippen molar-refractivity contribution in [3.8, 4) is 0 Å². The van der Waals surface area contributed by atoms with Crippen LogP contribution in [0.5, 0.6) is 0 Å². The summed E-state index contributed by atoms with van der Waals surface area (Å²) >= 11 is 0. The fourth-order valence-electron chi connectivity index (χ4n) is 1.83. The Hall–Kier alpha value is -0.530. The molecule has 1 saturated carbocycles. The van der Waals surface area contributed by atoms with Crippen LogP contribution in [0.4, 0.5) is 0 Å². The molecule has 1 spiro atoms. The molecule has 1 heterocycles. The smallest absolute Gasteiger partial charge is 0.226 e. The maximum absolute atomic E-state index is 11.2. The molecule has 1 N–H and O–H groups in total. The molecule has 1 aliphatic heterocycles. The summed E-state index contributed by atoms with van der Waals surface area (Å²) in [7, 11) is 0. The lowest BCUT2D eigenvalue weighted by atomic mass is 9.89. The Morgan fingerprint density at radius 2 is 2.00 bits per heavy atom. The average Bonchev–Trinajstić information content (AvgIpc) is 2.42. The molecule has 0 radical (unpaired) electrons. The van der Waals surface area contributed by atoms with Crippen LogP contribution in [0.2, 0.25) is 0 Å². The van der Waals surface area contributed by atoms with Gasteiger partial charge in [0, 0.05) is 11.0 Å². The Balaban J connectivity index is 2.22. The highest BCUT2D eigenvalue weighted by atomic mass is 16.2. The van der Waals surface area contributed by atoms with Crippen LogP contribution in [-0.2, 0) is 4.79 Å². The van der Waals surface area contributed by atoms with E-state index in [4.69, 9.17) is 0 Å². The van der Waals surface area contributed by atoms with Crippen molar-refractivity contribution in [2.24, 2.45) is 5.41 Å². The topological polar surface area (TPSA) is 29.1 Å². The third-order valence-electron chi connectivity index (χ3n) is 2.63. The summed E-state index contributed by atoms with van der Waals surface area (Å²) in [5, 5.41) is 3.06. The van der Waals surface area contributed by atoms with Crippen LogP contribution < -0.4 is 5.32 Å². The van der Waals surface area contributed by atoms with E-state index in [9.17, 15) is 4.79 Å². The van der Waals surface area contributed by atoms with Gasteiger partial charge >= 0.3 is 0 Å². The van der Waals surface area contributed by atoms with Gasteiger partial charge in [-0.2, -0.15) is 0 Å². The van der Waals surface area contributed by atoms with Crippen molar-refractivity contribution in [2.75, 3.05) is 0 Å². The minimum atomic E-state index is -0.101.